The molecule has 30 heavy (non-hydrogen) atoms. The lowest BCUT2D eigenvalue weighted by Gasteiger charge is -2.38. The van der Waals surface area contributed by atoms with Crippen molar-refractivity contribution in [3.05, 3.63) is 71.3 Å². The fourth-order valence-electron chi connectivity index (χ4n) is 4.01. The Morgan fingerprint density at radius 1 is 1.07 bits per heavy atom. The summed E-state index contributed by atoms with van der Waals surface area (Å²) in [6.45, 7) is 8.69. The minimum Gasteiger partial charge on any atom is -0.348 e. The van der Waals surface area contributed by atoms with Gasteiger partial charge in [0, 0.05) is 32.7 Å². The van der Waals surface area contributed by atoms with Gasteiger partial charge in [-0.15, -0.1) is 0 Å². The predicted octanol–water partition coefficient (Wildman–Crippen LogP) is 3.72. The molecular weight excluding hydrogens is 372 g/mol. The first-order chi connectivity index (χ1) is 14.6. The molecule has 1 aliphatic heterocycles. The molecule has 0 bridgehead atoms. The number of carbonyl (C=O) groups excluding carboxylic acids is 1. The van der Waals surface area contributed by atoms with E-state index in [1.807, 2.05) is 49.4 Å². The van der Waals surface area contributed by atoms with E-state index in [0.29, 0.717) is 5.56 Å². The van der Waals surface area contributed by atoms with Crippen molar-refractivity contribution in [1.29, 1.82) is 5.26 Å². The Bertz CT molecular complexity index is 836. The van der Waals surface area contributed by atoms with E-state index in [1.54, 1.807) is 0 Å². The molecule has 0 aliphatic carbocycles. The summed E-state index contributed by atoms with van der Waals surface area (Å²) < 4.78 is 0. The van der Waals surface area contributed by atoms with E-state index in [-0.39, 0.29) is 18.0 Å². The maximum Gasteiger partial charge on any atom is 0.237 e. The van der Waals surface area contributed by atoms with Crippen LogP contribution in [-0.4, -0.2) is 47.9 Å². The molecule has 1 amide bonds. The van der Waals surface area contributed by atoms with E-state index in [4.69, 9.17) is 5.26 Å². The van der Waals surface area contributed by atoms with Gasteiger partial charge in [0.15, 0.2) is 0 Å². The highest BCUT2D eigenvalue weighted by molar-refractivity contribution is 5.81. The van der Waals surface area contributed by atoms with Crippen LogP contribution in [0.3, 0.4) is 0 Å². The average Bonchev–Trinajstić information content (AvgIpc) is 2.80. The van der Waals surface area contributed by atoms with Crippen LogP contribution in [0.25, 0.3) is 0 Å². The van der Waals surface area contributed by atoms with Gasteiger partial charge in [-0.25, -0.2) is 0 Å². The highest BCUT2D eigenvalue weighted by atomic mass is 16.2. The Kier molecular flexibility index (Phi) is 8.01. The number of piperazine rings is 1. The Labute approximate surface area is 180 Å². The Morgan fingerprint density at radius 2 is 1.73 bits per heavy atom. The van der Waals surface area contributed by atoms with Gasteiger partial charge < -0.3 is 5.32 Å². The van der Waals surface area contributed by atoms with Crippen LogP contribution in [0.5, 0.6) is 0 Å². The fourth-order valence-corrected chi connectivity index (χ4v) is 4.01. The summed E-state index contributed by atoms with van der Waals surface area (Å²) in [6.07, 6.45) is 1.98. The fraction of sp³-hybridized carbons (Fsp3) is 0.440. The molecule has 1 aliphatic rings. The first-order valence-electron chi connectivity index (χ1n) is 10.9. The van der Waals surface area contributed by atoms with Gasteiger partial charge in [-0.3, -0.25) is 14.6 Å². The first-order valence-corrected chi connectivity index (χ1v) is 10.9. The number of benzene rings is 2. The molecule has 0 aromatic heterocycles. The van der Waals surface area contributed by atoms with Crippen LogP contribution < -0.4 is 5.32 Å². The molecular formula is C25H32N4O. The number of nitrogens with one attached hydrogen (secondary N) is 1. The minimum absolute atomic E-state index is 0.0730. The second kappa shape index (κ2) is 10.9. The number of rotatable bonds is 8. The van der Waals surface area contributed by atoms with Crippen molar-refractivity contribution in [2.75, 3.05) is 26.2 Å². The van der Waals surface area contributed by atoms with Gasteiger partial charge >= 0.3 is 0 Å². The monoisotopic (exact) mass is 404 g/mol. The second-order valence-electron chi connectivity index (χ2n) is 8.06. The topological polar surface area (TPSA) is 59.4 Å². The van der Waals surface area contributed by atoms with E-state index in [1.165, 1.54) is 11.1 Å². The molecule has 0 saturated carbocycles. The molecule has 1 saturated heterocycles. The van der Waals surface area contributed by atoms with Crippen molar-refractivity contribution in [3.8, 4) is 6.07 Å². The zero-order chi connectivity index (χ0) is 21.3. The van der Waals surface area contributed by atoms with Gasteiger partial charge in [0.05, 0.1) is 23.7 Å². The number of hydrogen-bond acceptors (Lipinski definition) is 4. The maximum atomic E-state index is 12.9. The number of carbonyl (C=O) groups is 1. The first kappa shape index (κ1) is 22.0. The third kappa shape index (κ3) is 5.91. The number of hydrogen-bond donors (Lipinski definition) is 1. The maximum absolute atomic E-state index is 12.9. The number of nitrogens with zero attached hydrogens (tertiary/aromatic N) is 3. The lowest BCUT2D eigenvalue weighted by molar-refractivity contribution is -0.127. The Balaban J connectivity index is 1.50. The molecule has 0 radical (unpaired) electrons. The third-order valence-corrected chi connectivity index (χ3v) is 5.92. The highest BCUT2D eigenvalue weighted by Gasteiger charge is 2.27. The molecule has 0 spiro atoms. The summed E-state index contributed by atoms with van der Waals surface area (Å²) in [6, 6.07) is 20.1. The summed E-state index contributed by atoms with van der Waals surface area (Å²) in [7, 11) is 0. The number of amides is 1. The normalized spacial score (nSPS) is 17.1. The van der Waals surface area contributed by atoms with Gasteiger partial charge in [-0.2, -0.15) is 5.26 Å². The molecule has 1 N–H and O–H groups in total. The SMILES string of the molecule is CCC[C@H](NC(=O)[C@H](C)N1CCN(Cc2ccc(C#N)cc2)CC1)c1ccccc1. The number of nitriles is 1. The van der Waals surface area contributed by atoms with Crippen molar-refractivity contribution in [3.63, 3.8) is 0 Å². The van der Waals surface area contributed by atoms with Gasteiger partial charge in [-0.1, -0.05) is 55.8 Å². The van der Waals surface area contributed by atoms with Crippen LogP contribution in [0, 0.1) is 11.3 Å². The molecule has 1 fully saturated rings. The van der Waals surface area contributed by atoms with E-state index in [0.717, 1.165) is 45.6 Å². The second-order valence-corrected chi connectivity index (χ2v) is 8.06. The van der Waals surface area contributed by atoms with Crippen LogP contribution in [0.15, 0.2) is 54.6 Å². The van der Waals surface area contributed by atoms with Crippen LogP contribution in [-0.2, 0) is 11.3 Å². The van der Waals surface area contributed by atoms with Gasteiger partial charge in [0.1, 0.15) is 0 Å². The molecule has 0 unspecified atom stereocenters. The quantitative estimate of drug-likeness (QED) is 0.728. The van der Waals surface area contributed by atoms with Crippen LogP contribution >= 0.6 is 0 Å². The van der Waals surface area contributed by atoms with E-state index < -0.39 is 0 Å². The van der Waals surface area contributed by atoms with Gasteiger partial charge in [0.2, 0.25) is 5.91 Å². The smallest absolute Gasteiger partial charge is 0.237 e. The van der Waals surface area contributed by atoms with Crippen molar-refractivity contribution >= 4 is 5.91 Å². The Morgan fingerprint density at radius 3 is 2.33 bits per heavy atom. The van der Waals surface area contributed by atoms with E-state index in [2.05, 4.69) is 40.2 Å². The summed E-state index contributed by atoms with van der Waals surface area (Å²) in [4.78, 5) is 17.6. The molecule has 1 heterocycles. The van der Waals surface area contributed by atoms with Gasteiger partial charge in [0.25, 0.3) is 0 Å². The van der Waals surface area contributed by atoms with Crippen LogP contribution in [0.4, 0.5) is 0 Å². The molecule has 158 valence electrons. The van der Waals surface area contributed by atoms with Crippen molar-refractivity contribution in [1.82, 2.24) is 15.1 Å². The van der Waals surface area contributed by atoms with E-state index >= 15 is 0 Å². The summed E-state index contributed by atoms with van der Waals surface area (Å²) >= 11 is 0. The zero-order valence-electron chi connectivity index (χ0n) is 18.1. The summed E-state index contributed by atoms with van der Waals surface area (Å²) in [5.41, 5.74) is 3.09. The zero-order valence-corrected chi connectivity index (χ0v) is 18.1. The van der Waals surface area contributed by atoms with E-state index in [9.17, 15) is 4.79 Å². The predicted molar refractivity (Wildman–Crippen MR) is 120 cm³/mol. The molecule has 5 nitrogen and oxygen atoms in total. The Hall–Kier alpha value is -2.68. The van der Waals surface area contributed by atoms with Crippen LogP contribution in [0.2, 0.25) is 0 Å². The average molecular weight is 405 g/mol. The largest absolute Gasteiger partial charge is 0.348 e. The van der Waals surface area contributed by atoms with Crippen LogP contribution in [0.1, 0.15) is 49.4 Å². The van der Waals surface area contributed by atoms with Crippen molar-refractivity contribution < 1.29 is 4.79 Å². The summed E-state index contributed by atoms with van der Waals surface area (Å²) in [5.74, 6) is 0.109. The molecule has 5 heteroatoms. The lowest BCUT2D eigenvalue weighted by atomic mass is 10.0. The molecule has 2 atom stereocenters. The van der Waals surface area contributed by atoms with Gasteiger partial charge in [-0.05, 0) is 36.6 Å². The summed E-state index contributed by atoms with van der Waals surface area (Å²) in [5, 5.41) is 12.2. The molecule has 3 rings (SSSR count). The lowest BCUT2D eigenvalue weighted by Crippen LogP contribution is -2.53. The third-order valence-electron chi connectivity index (χ3n) is 5.92. The van der Waals surface area contributed by atoms with Crippen molar-refractivity contribution in [2.24, 2.45) is 0 Å². The minimum atomic E-state index is -0.134. The molecule has 2 aromatic carbocycles. The van der Waals surface area contributed by atoms with Crippen molar-refractivity contribution in [2.45, 2.75) is 45.3 Å². The molecule has 2 aromatic rings. The standard InChI is InChI=1S/C25H32N4O/c1-3-7-24(23-8-5-4-6-9-23)27-25(30)20(2)29-16-14-28(15-17-29)19-22-12-10-21(18-26)11-13-22/h4-6,8-13,20,24H,3,7,14-17,19H2,1-2H3,(H,27,30)/t20-,24-/m0/s1. The highest BCUT2D eigenvalue weighted by Crippen LogP contribution is 2.19.